The van der Waals surface area contributed by atoms with Gasteiger partial charge in [0.05, 0.1) is 60.7 Å². The van der Waals surface area contributed by atoms with Crippen LogP contribution in [0.15, 0.2) is 55.2 Å². The maximum Gasteiger partial charge on any atom is 0.163 e. The van der Waals surface area contributed by atoms with Gasteiger partial charge in [-0.25, -0.2) is 4.98 Å². The zero-order valence-corrected chi connectivity index (χ0v) is 21.2. The normalized spacial score (nSPS) is 13.9. The van der Waals surface area contributed by atoms with Crippen LogP contribution in [0.3, 0.4) is 0 Å². The first kappa shape index (κ1) is 24.8. The lowest BCUT2D eigenvalue weighted by Crippen LogP contribution is -2.37. The third kappa shape index (κ3) is 5.62. The molecule has 0 bridgehead atoms. The Bertz CT molecular complexity index is 1410. The number of pyridine rings is 1. The smallest absolute Gasteiger partial charge is 0.163 e. The second-order valence-corrected chi connectivity index (χ2v) is 9.00. The molecule has 0 radical (unpaired) electrons. The number of nitrogens with one attached hydrogen (secondary N) is 1. The number of nitrogens with zero attached hydrogens (tertiary/aromatic N) is 5. The summed E-state index contributed by atoms with van der Waals surface area (Å²) < 4.78 is 18.9. The van der Waals surface area contributed by atoms with Crippen LogP contribution < -0.4 is 14.8 Å². The summed E-state index contributed by atoms with van der Waals surface area (Å²) in [6.07, 6.45) is 7.66. The molecule has 4 aromatic rings. The Labute approximate surface area is 220 Å². The molecule has 1 fully saturated rings. The van der Waals surface area contributed by atoms with Crippen molar-refractivity contribution < 1.29 is 14.2 Å². The molecule has 1 saturated heterocycles. The summed E-state index contributed by atoms with van der Waals surface area (Å²) in [5.41, 5.74) is 3.26. The van der Waals surface area contributed by atoms with E-state index in [1.165, 1.54) is 0 Å². The number of hydrogen-bond acceptors (Lipinski definition) is 8. The summed E-state index contributed by atoms with van der Waals surface area (Å²) in [4.78, 5) is 10.9. The van der Waals surface area contributed by atoms with Crippen molar-refractivity contribution in [2.75, 3.05) is 51.9 Å². The molecule has 5 rings (SSSR count). The van der Waals surface area contributed by atoms with Crippen molar-refractivity contribution in [3.63, 3.8) is 0 Å². The fourth-order valence-electron chi connectivity index (χ4n) is 4.33. The number of methoxy groups -OCH3 is 1. The Kier molecular flexibility index (Phi) is 7.70. The van der Waals surface area contributed by atoms with E-state index in [9.17, 15) is 5.26 Å². The molecule has 2 aromatic heterocycles. The van der Waals surface area contributed by atoms with Gasteiger partial charge in [0.1, 0.15) is 6.07 Å². The summed E-state index contributed by atoms with van der Waals surface area (Å²) in [5, 5.41) is 14.4. The van der Waals surface area contributed by atoms with Gasteiger partial charge in [-0.2, -0.15) is 5.26 Å². The maximum absolute atomic E-state index is 9.78. The number of halogens is 1. The molecule has 1 N–H and O–H groups in total. The highest BCUT2D eigenvalue weighted by Crippen LogP contribution is 2.37. The van der Waals surface area contributed by atoms with Gasteiger partial charge in [0.15, 0.2) is 11.5 Å². The molecule has 0 spiro atoms. The number of fused-ring (bicyclic) bond motifs is 1. The van der Waals surface area contributed by atoms with Gasteiger partial charge in [0.2, 0.25) is 0 Å². The molecule has 0 saturated carbocycles. The highest BCUT2D eigenvalue weighted by Gasteiger charge is 2.16. The van der Waals surface area contributed by atoms with Gasteiger partial charge in [-0.15, -0.1) is 0 Å². The quantitative estimate of drug-likeness (QED) is 0.316. The molecular weight excluding hydrogens is 492 g/mol. The molecule has 2 aromatic carbocycles. The molecule has 0 atom stereocenters. The number of hydrogen-bond donors (Lipinski definition) is 1. The molecule has 1 aliphatic rings. The van der Waals surface area contributed by atoms with Crippen LogP contribution in [0.4, 0.5) is 11.4 Å². The van der Waals surface area contributed by atoms with Crippen LogP contribution in [0.1, 0.15) is 12.0 Å². The number of aromatic nitrogens is 3. The van der Waals surface area contributed by atoms with Gasteiger partial charge in [-0.05, 0) is 30.7 Å². The van der Waals surface area contributed by atoms with Gasteiger partial charge in [-0.1, -0.05) is 11.6 Å². The molecule has 37 heavy (non-hydrogen) atoms. The lowest BCUT2D eigenvalue weighted by molar-refractivity contribution is 0.0357. The number of morpholine rings is 1. The number of ether oxygens (including phenoxy) is 3. The average molecular weight is 519 g/mol. The van der Waals surface area contributed by atoms with Crippen molar-refractivity contribution in [3.8, 4) is 23.3 Å². The van der Waals surface area contributed by atoms with Crippen molar-refractivity contribution in [2.45, 2.75) is 6.42 Å². The number of imidazole rings is 1. The van der Waals surface area contributed by atoms with Crippen LogP contribution in [0.2, 0.25) is 5.02 Å². The fourth-order valence-corrected chi connectivity index (χ4v) is 4.60. The molecule has 0 amide bonds. The first-order valence-electron chi connectivity index (χ1n) is 12.0. The van der Waals surface area contributed by atoms with E-state index in [2.05, 4.69) is 26.3 Å². The van der Waals surface area contributed by atoms with Gasteiger partial charge in [0.25, 0.3) is 0 Å². The monoisotopic (exact) mass is 518 g/mol. The van der Waals surface area contributed by atoms with Gasteiger partial charge in [-0.3, -0.25) is 9.88 Å². The Hall–Kier alpha value is -3.84. The molecule has 0 unspecified atom stereocenters. The largest absolute Gasteiger partial charge is 0.493 e. The minimum Gasteiger partial charge on any atom is -0.493 e. The fraction of sp³-hybridized carbons (Fsp3) is 0.296. The van der Waals surface area contributed by atoms with Crippen molar-refractivity contribution in [1.82, 2.24) is 19.4 Å². The molecule has 10 heteroatoms. The molecule has 190 valence electrons. The van der Waals surface area contributed by atoms with Crippen LogP contribution >= 0.6 is 11.6 Å². The number of nitriles is 1. The zero-order chi connectivity index (χ0) is 25.6. The van der Waals surface area contributed by atoms with Crippen molar-refractivity contribution in [1.29, 1.82) is 5.26 Å². The SMILES string of the molecule is COc1cc2c(Nc3ccc(-n4ccnc4)c(Cl)c3)c(C#N)cnc2cc1OCCCN1CCOCC1. The van der Waals surface area contributed by atoms with E-state index < -0.39 is 0 Å². The van der Waals surface area contributed by atoms with E-state index in [1.54, 1.807) is 25.8 Å². The number of anilines is 2. The van der Waals surface area contributed by atoms with Gasteiger partial charge < -0.3 is 24.1 Å². The highest BCUT2D eigenvalue weighted by molar-refractivity contribution is 6.32. The summed E-state index contributed by atoms with van der Waals surface area (Å²) in [7, 11) is 1.60. The number of benzene rings is 2. The van der Waals surface area contributed by atoms with E-state index in [4.69, 9.17) is 25.8 Å². The molecular formula is C27H27ClN6O3. The maximum atomic E-state index is 9.78. The highest BCUT2D eigenvalue weighted by atomic mass is 35.5. The third-order valence-electron chi connectivity index (χ3n) is 6.25. The zero-order valence-electron chi connectivity index (χ0n) is 20.5. The van der Waals surface area contributed by atoms with E-state index in [-0.39, 0.29) is 0 Å². The van der Waals surface area contributed by atoms with Gasteiger partial charge in [0, 0.05) is 55.4 Å². The minimum atomic E-state index is 0.406. The Morgan fingerprint density at radius 2 is 2.05 bits per heavy atom. The van der Waals surface area contributed by atoms with Crippen LogP contribution in [0, 0.1) is 11.3 Å². The van der Waals surface area contributed by atoms with E-state index >= 15 is 0 Å². The molecule has 9 nitrogen and oxygen atoms in total. The Morgan fingerprint density at radius 3 is 2.78 bits per heavy atom. The predicted molar refractivity (Wildman–Crippen MR) is 142 cm³/mol. The van der Waals surface area contributed by atoms with E-state index in [1.807, 2.05) is 41.1 Å². The topological polar surface area (TPSA) is 97.5 Å². The summed E-state index contributed by atoms with van der Waals surface area (Å²) in [5.74, 6) is 1.19. The second-order valence-electron chi connectivity index (χ2n) is 8.60. The average Bonchev–Trinajstić information content (AvgIpc) is 3.46. The Morgan fingerprint density at radius 1 is 1.19 bits per heavy atom. The van der Waals surface area contributed by atoms with Crippen LogP contribution in [0.25, 0.3) is 16.6 Å². The van der Waals surface area contributed by atoms with E-state index in [0.717, 1.165) is 56.0 Å². The molecule has 1 aliphatic heterocycles. The lowest BCUT2D eigenvalue weighted by Gasteiger charge is -2.26. The second kappa shape index (κ2) is 11.5. The van der Waals surface area contributed by atoms with Crippen molar-refractivity contribution >= 4 is 33.9 Å². The van der Waals surface area contributed by atoms with Crippen LogP contribution in [-0.4, -0.2) is 66.0 Å². The van der Waals surface area contributed by atoms with Gasteiger partial charge >= 0.3 is 0 Å². The third-order valence-corrected chi connectivity index (χ3v) is 6.56. The van der Waals surface area contributed by atoms with Crippen molar-refractivity contribution in [3.05, 3.63) is 65.8 Å². The summed E-state index contributed by atoms with van der Waals surface area (Å²) >= 11 is 6.55. The predicted octanol–water partition coefficient (Wildman–Crippen LogP) is 4.80. The first-order chi connectivity index (χ1) is 18.2. The van der Waals surface area contributed by atoms with E-state index in [0.29, 0.717) is 39.9 Å². The van der Waals surface area contributed by atoms with Crippen LogP contribution in [-0.2, 0) is 4.74 Å². The Balaban J connectivity index is 1.38. The van der Waals surface area contributed by atoms with Crippen molar-refractivity contribution in [2.24, 2.45) is 0 Å². The standard InChI is InChI=1S/C27H27ClN6O3/c1-35-25-14-21-23(15-26(25)37-10-2-6-33-8-11-36-12-9-33)31-17-19(16-29)27(21)32-20-3-4-24(22(28)13-20)34-7-5-30-18-34/h3-5,7,13-15,17-18H,2,6,8-12H2,1H3,(H,31,32). The lowest BCUT2D eigenvalue weighted by atomic mass is 10.1. The first-order valence-corrected chi connectivity index (χ1v) is 12.4. The number of rotatable bonds is 9. The minimum absolute atomic E-state index is 0.406. The molecule has 3 heterocycles. The summed E-state index contributed by atoms with van der Waals surface area (Å²) in [6.45, 7) is 5.00. The molecule has 0 aliphatic carbocycles. The summed E-state index contributed by atoms with van der Waals surface area (Å²) in [6, 6.07) is 11.5. The van der Waals surface area contributed by atoms with Crippen LogP contribution in [0.5, 0.6) is 11.5 Å².